The molecule has 0 aliphatic heterocycles. The molecule has 208 valence electrons. The minimum absolute atomic E-state index is 0.0992. The number of Topliss-reactive ketones (excluding diaryl/α,β-unsaturated/α-hetero) is 1. The summed E-state index contributed by atoms with van der Waals surface area (Å²) < 4.78 is 16.2. The zero-order chi connectivity index (χ0) is 28.0. The van der Waals surface area contributed by atoms with E-state index in [-0.39, 0.29) is 24.1 Å². The third kappa shape index (κ3) is 10.2. The number of nitrogens with one attached hydrogen (secondary N) is 2. The van der Waals surface area contributed by atoms with Crippen LogP contribution in [0.15, 0.2) is 77.4 Å². The molecule has 1 heterocycles. The number of benzene rings is 2. The van der Waals surface area contributed by atoms with Crippen molar-refractivity contribution in [3.8, 4) is 11.5 Å². The van der Waals surface area contributed by atoms with Gasteiger partial charge in [0.15, 0.2) is 23.9 Å². The maximum absolute atomic E-state index is 13.4. The van der Waals surface area contributed by atoms with Crippen molar-refractivity contribution in [3.05, 3.63) is 84.3 Å². The van der Waals surface area contributed by atoms with Crippen LogP contribution in [0.3, 0.4) is 0 Å². The van der Waals surface area contributed by atoms with Crippen LogP contribution >= 0.6 is 11.8 Å². The molecule has 0 aliphatic rings. The van der Waals surface area contributed by atoms with Crippen LogP contribution in [0.25, 0.3) is 0 Å². The van der Waals surface area contributed by atoms with E-state index >= 15 is 0 Å². The molecular formula is C30H36N2O6S. The molecule has 1 aromatic heterocycles. The number of hydrogen-bond donors (Lipinski definition) is 2. The smallest absolute Gasteiger partial charge is 0.258 e. The number of amides is 2. The molecule has 2 amide bonds. The quantitative estimate of drug-likeness (QED) is 0.271. The summed E-state index contributed by atoms with van der Waals surface area (Å²) in [5.74, 6) is 1.68. The topological polar surface area (TPSA) is 107 Å². The van der Waals surface area contributed by atoms with E-state index in [0.717, 1.165) is 11.3 Å². The Labute approximate surface area is 233 Å². The first kappa shape index (κ1) is 29.8. The number of hydrogen-bond acceptors (Lipinski definition) is 7. The molecule has 9 heteroatoms. The molecule has 2 unspecified atom stereocenters. The molecule has 0 spiro atoms. The average Bonchev–Trinajstić information content (AvgIpc) is 3.45. The zero-order valence-corrected chi connectivity index (χ0v) is 23.4. The molecule has 0 aliphatic carbocycles. The SMILES string of the molecule is COc1ccccc1OCC(=O)NC(CC(C)C)C(=O)NC(Cc1ccccc1)C(=O)CSCc1ccco1. The first-order valence-electron chi connectivity index (χ1n) is 12.9. The van der Waals surface area contributed by atoms with E-state index in [1.807, 2.05) is 50.2 Å². The number of ether oxygens (including phenoxy) is 2. The van der Waals surface area contributed by atoms with Crippen molar-refractivity contribution in [2.75, 3.05) is 19.5 Å². The van der Waals surface area contributed by atoms with Gasteiger partial charge < -0.3 is 24.5 Å². The van der Waals surface area contributed by atoms with Crippen molar-refractivity contribution < 1.29 is 28.3 Å². The molecule has 0 fully saturated rings. The van der Waals surface area contributed by atoms with Crippen LogP contribution in [-0.2, 0) is 26.6 Å². The minimum atomic E-state index is -0.819. The van der Waals surface area contributed by atoms with Crippen LogP contribution in [0.1, 0.15) is 31.6 Å². The Bertz CT molecular complexity index is 1180. The molecule has 0 radical (unpaired) electrons. The third-order valence-corrected chi connectivity index (χ3v) is 6.82. The number of methoxy groups -OCH3 is 1. The number of carbonyl (C=O) groups excluding carboxylic acids is 3. The molecule has 2 atom stereocenters. The number of carbonyl (C=O) groups is 3. The van der Waals surface area contributed by atoms with Gasteiger partial charge in [0.2, 0.25) is 5.91 Å². The lowest BCUT2D eigenvalue weighted by atomic mass is 10.00. The lowest BCUT2D eigenvalue weighted by Gasteiger charge is -2.24. The Morgan fingerprint density at radius 1 is 0.897 bits per heavy atom. The predicted molar refractivity (Wildman–Crippen MR) is 152 cm³/mol. The second-order valence-electron chi connectivity index (χ2n) is 9.48. The van der Waals surface area contributed by atoms with Crippen LogP contribution in [0, 0.1) is 5.92 Å². The molecule has 0 bridgehead atoms. The third-order valence-electron chi connectivity index (χ3n) is 5.84. The second kappa shape index (κ2) is 15.6. The van der Waals surface area contributed by atoms with E-state index in [1.54, 1.807) is 36.6 Å². The van der Waals surface area contributed by atoms with Crippen LogP contribution in [0.5, 0.6) is 11.5 Å². The van der Waals surface area contributed by atoms with Gasteiger partial charge >= 0.3 is 0 Å². The Morgan fingerprint density at radius 3 is 2.28 bits per heavy atom. The van der Waals surface area contributed by atoms with Crippen molar-refractivity contribution >= 4 is 29.4 Å². The Balaban J connectivity index is 1.64. The van der Waals surface area contributed by atoms with Gasteiger partial charge in [-0.2, -0.15) is 0 Å². The van der Waals surface area contributed by atoms with Crippen molar-refractivity contribution in [2.45, 2.75) is 44.5 Å². The van der Waals surface area contributed by atoms with Gasteiger partial charge in [-0.25, -0.2) is 0 Å². The fourth-order valence-electron chi connectivity index (χ4n) is 3.94. The minimum Gasteiger partial charge on any atom is -0.493 e. The highest BCUT2D eigenvalue weighted by molar-refractivity contribution is 7.99. The van der Waals surface area contributed by atoms with Crippen molar-refractivity contribution in [1.82, 2.24) is 10.6 Å². The first-order valence-corrected chi connectivity index (χ1v) is 14.0. The molecular weight excluding hydrogens is 516 g/mol. The summed E-state index contributed by atoms with van der Waals surface area (Å²) in [5, 5.41) is 5.69. The van der Waals surface area contributed by atoms with Crippen LogP contribution in [0.2, 0.25) is 0 Å². The summed E-state index contributed by atoms with van der Waals surface area (Å²) in [4.78, 5) is 39.3. The van der Waals surface area contributed by atoms with Crippen LogP contribution < -0.4 is 20.1 Å². The zero-order valence-electron chi connectivity index (χ0n) is 22.6. The number of furan rings is 1. The lowest BCUT2D eigenvalue weighted by molar-refractivity contribution is -0.132. The van der Waals surface area contributed by atoms with Crippen LogP contribution in [-0.4, -0.2) is 49.2 Å². The summed E-state index contributed by atoms with van der Waals surface area (Å²) in [6.45, 7) is 3.66. The fraction of sp³-hybridized carbons (Fsp3) is 0.367. The molecule has 39 heavy (non-hydrogen) atoms. The maximum Gasteiger partial charge on any atom is 0.258 e. The molecule has 8 nitrogen and oxygen atoms in total. The maximum atomic E-state index is 13.4. The normalized spacial score (nSPS) is 12.4. The molecule has 0 saturated carbocycles. The van der Waals surface area contributed by atoms with Gasteiger partial charge in [0.25, 0.3) is 5.91 Å². The standard InChI is InChI=1S/C30H36N2O6S/c1-21(2)16-25(31-29(34)18-38-28-14-8-7-13-27(28)36-3)30(35)32-24(17-22-10-5-4-6-11-22)26(33)20-39-19-23-12-9-15-37-23/h4-15,21,24-25H,16-20H2,1-3H3,(H,31,34)(H,32,35). The number of thioether (sulfide) groups is 1. The summed E-state index contributed by atoms with van der Waals surface area (Å²) in [7, 11) is 1.52. The largest absolute Gasteiger partial charge is 0.493 e. The van der Waals surface area contributed by atoms with E-state index < -0.39 is 23.9 Å². The van der Waals surface area contributed by atoms with Gasteiger partial charge in [-0.05, 0) is 48.6 Å². The summed E-state index contributed by atoms with van der Waals surface area (Å²) in [6, 6.07) is 18.7. The van der Waals surface area contributed by atoms with Gasteiger partial charge in [-0.1, -0.05) is 56.3 Å². The number of ketones is 1. The lowest BCUT2D eigenvalue weighted by Crippen LogP contribution is -2.53. The fourth-order valence-corrected chi connectivity index (χ4v) is 4.81. The summed E-state index contributed by atoms with van der Waals surface area (Å²) >= 11 is 1.43. The van der Waals surface area contributed by atoms with E-state index in [2.05, 4.69) is 10.6 Å². The Kier molecular flexibility index (Phi) is 12.0. The molecule has 3 aromatic rings. The first-order chi connectivity index (χ1) is 18.9. The van der Waals surface area contributed by atoms with Crippen molar-refractivity contribution in [3.63, 3.8) is 0 Å². The summed E-state index contributed by atoms with van der Waals surface area (Å²) in [5.41, 5.74) is 0.932. The van der Waals surface area contributed by atoms with E-state index in [4.69, 9.17) is 13.9 Å². The highest BCUT2D eigenvalue weighted by atomic mass is 32.2. The van der Waals surface area contributed by atoms with Gasteiger partial charge in [0, 0.05) is 0 Å². The highest BCUT2D eigenvalue weighted by Gasteiger charge is 2.27. The van der Waals surface area contributed by atoms with Gasteiger partial charge in [0.1, 0.15) is 11.8 Å². The van der Waals surface area contributed by atoms with E-state index in [9.17, 15) is 14.4 Å². The molecule has 2 aromatic carbocycles. The van der Waals surface area contributed by atoms with Gasteiger partial charge in [-0.15, -0.1) is 11.8 Å². The van der Waals surface area contributed by atoms with Crippen molar-refractivity contribution in [1.29, 1.82) is 0 Å². The highest BCUT2D eigenvalue weighted by Crippen LogP contribution is 2.25. The molecule has 2 N–H and O–H groups in total. The van der Waals surface area contributed by atoms with E-state index in [0.29, 0.717) is 30.1 Å². The Morgan fingerprint density at radius 2 is 1.62 bits per heavy atom. The van der Waals surface area contributed by atoms with Crippen LogP contribution in [0.4, 0.5) is 0 Å². The van der Waals surface area contributed by atoms with E-state index in [1.165, 1.54) is 18.9 Å². The predicted octanol–water partition coefficient (Wildman–Crippen LogP) is 4.43. The molecule has 3 rings (SSSR count). The second-order valence-corrected chi connectivity index (χ2v) is 10.5. The van der Waals surface area contributed by atoms with Gasteiger partial charge in [-0.3, -0.25) is 14.4 Å². The molecule has 0 saturated heterocycles. The number of para-hydroxylation sites is 2. The van der Waals surface area contributed by atoms with Crippen molar-refractivity contribution in [2.24, 2.45) is 5.92 Å². The average molecular weight is 553 g/mol. The summed E-state index contributed by atoms with van der Waals surface area (Å²) in [6.07, 6.45) is 2.36. The Hall–Kier alpha value is -3.72. The van der Waals surface area contributed by atoms with Gasteiger partial charge in [0.05, 0.1) is 30.9 Å². The monoisotopic (exact) mass is 552 g/mol. The number of rotatable bonds is 16.